The number of nitrogens with one attached hydrogen (secondary N) is 3. The minimum absolute atomic E-state index is 0.197. The Kier molecular flexibility index (Phi) is 5.52. The average Bonchev–Trinajstić information content (AvgIpc) is 3.16. The standard InChI is InChI=1S/C23H24N4O3/c1-16-14-24-21(25-16)23(11-6-12-23)27-22(29)26-19-10-5-9-18(13-19)20(28)30-15-17-7-3-2-4-8-17/h2-5,7-10,13-14H,6,11-12,15H2,1H3,(H,24,25)(H2,26,27,29). The number of aryl methyl sites for hydroxylation is 1. The number of H-pyrrole nitrogens is 1. The largest absolute Gasteiger partial charge is 0.457 e. The van der Waals surface area contributed by atoms with E-state index in [0.717, 1.165) is 36.3 Å². The fourth-order valence-electron chi connectivity index (χ4n) is 3.52. The molecule has 30 heavy (non-hydrogen) atoms. The molecule has 1 aliphatic rings. The maximum absolute atomic E-state index is 12.6. The molecule has 1 aromatic heterocycles. The highest BCUT2D eigenvalue weighted by Gasteiger charge is 2.42. The number of aromatic nitrogens is 2. The van der Waals surface area contributed by atoms with Crippen LogP contribution in [0.1, 0.15) is 46.7 Å². The van der Waals surface area contributed by atoms with Crippen LogP contribution in [0.5, 0.6) is 0 Å². The second kappa shape index (κ2) is 8.41. The van der Waals surface area contributed by atoms with Crippen LogP contribution in [0.2, 0.25) is 0 Å². The first-order chi connectivity index (χ1) is 14.5. The summed E-state index contributed by atoms with van der Waals surface area (Å²) in [5, 5.41) is 5.86. The highest BCUT2D eigenvalue weighted by atomic mass is 16.5. The number of urea groups is 1. The summed E-state index contributed by atoms with van der Waals surface area (Å²) in [4.78, 5) is 32.6. The number of amides is 2. The maximum Gasteiger partial charge on any atom is 0.338 e. The van der Waals surface area contributed by atoms with Crippen LogP contribution in [0, 0.1) is 6.92 Å². The molecule has 0 bridgehead atoms. The van der Waals surface area contributed by atoms with E-state index in [1.807, 2.05) is 37.3 Å². The first-order valence-electron chi connectivity index (χ1n) is 9.96. The van der Waals surface area contributed by atoms with Crippen molar-refractivity contribution >= 4 is 17.7 Å². The zero-order valence-corrected chi connectivity index (χ0v) is 16.8. The van der Waals surface area contributed by atoms with Gasteiger partial charge in [-0.05, 0) is 49.9 Å². The molecule has 3 aromatic rings. The van der Waals surface area contributed by atoms with Gasteiger partial charge >= 0.3 is 12.0 Å². The van der Waals surface area contributed by atoms with Gasteiger partial charge < -0.3 is 20.4 Å². The van der Waals surface area contributed by atoms with Crippen LogP contribution in [0.25, 0.3) is 0 Å². The summed E-state index contributed by atoms with van der Waals surface area (Å²) in [6.45, 7) is 2.13. The van der Waals surface area contributed by atoms with E-state index in [1.165, 1.54) is 0 Å². The molecule has 4 rings (SSSR count). The molecule has 1 saturated carbocycles. The lowest BCUT2D eigenvalue weighted by atomic mass is 9.76. The molecular weight excluding hydrogens is 380 g/mol. The Bertz CT molecular complexity index is 1040. The van der Waals surface area contributed by atoms with Crippen molar-refractivity contribution < 1.29 is 14.3 Å². The van der Waals surface area contributed by atoms with E-state index in [2.05, 4.69) is 20.6 Å². The molecule has 0 radical (unpaired) electrons. The van der Waals surface area contributed by atoms with E-state index >= 15 is 0 Å². The van der Waals surface area contributed by atoms with E-state index in [-0.39, 0.29) is 12.6 Å². The number of hydrogen-bond acceptors (Lipinski definition) is 4. The Morgan fingerprint density at radius 3 is 2.60 bits per heavy atom. The van der Waals surface area contributed by atoms with Crippen molar-refractivity contribution in [3.8, 4) is 0 Å². The lowest BCUT2D eigenvalue weighted by molar-refractivity contribution is 0.0472. The number of imidazole rings is 1. The van der Waals surface area contributed by atoms with E-state index in [9.17, 15) is 9.59 Å². The highest BCUT2D eigenvalue weighted by Crippen LogP contribution is 2.39. The van der Waals surface area contributed by atoms with Gasteiger partial charge in [0.05, 0.1) is 11.1 Å². The molecular formula is C23H24N4O3. The number of aromatic amines is 1. The summed E-state index contributed by atoms with van der Waals surface area (Å²) in [6.07, 6.45) is 4.46. The minimum atomic E-state index is -0.468. The Morgan fingerprint density at radius 1 is 1.13 bits per heavy atom. The second-order valence-electron chi connectivity index (χ2n) is 7.57. The second-order valence-corrected chi connectivity index (χ2v) is 7.57. The molecule has 2 aromatic carbocycles. The first kappa shape index (κ1) is 19.7. The summed E-state index contributed by atoms with van der Waals surface area (Å²) in [6, 6.07) is 15.9. The van der Waals surface area contributed by atoms with Gasteiger partial charge in [-0.15, -0.1) is 0 Å². The number of esters is 1. The molecule has 7 heteroatoms. The minimum Gasteiger partial charge on any atom is -0.457 e. The van der Waals surface area contributed by atoms with Gasteiger partial charge in [-0.25, -0.2) is 14.6 Å². The molecule has 154 valence electrons. The van der Waals surface area contributed by atoms with Crippen molar-refractivity contribution in [3.63, 3.8) is 0 Å². The Hall–Kier alpha value is -3.61. The lowest BCUT2D eigenvalue weighted by Gasteiger charge is -2.40. The lowest BCUT2D eigenvalue weighted by Crippen LogP contribution is -2.52. The Morgan fingerprint density at radius 2 is 1.93 bits per heavy atom. The van der Waals surface area contributed by atoms with Gasteiger partial charge in [-0.1, -0.05) is 36.4 Å². The van der Waals surface area contributed by atoms with E-state index in [4.69, 9.17) is 4.74 Å². The Balaban J connectivity index is 1.38. The number of carbonyl (C=O) groups is 2. The van der Waals surface area contributed by atoms with E-state index < -0.39 is 11.5 Å². The number of rotatable bonds is 6. The zero-order valence-electron chi connectivity index (χ0n) is 16.8. The average molecular weight is 404 g/mol. The van der Waals surface area contributed by atoms with Crippen molar-refractivity contribution in [2.24, 2.45) is 0 Å². The fourth-order valence-corrected chi connectivity index (χ4v) is 3.52. The van der Waals surface area contributed by atoms with Crippen LogP contribution in [0.4, 0.5) is 10.5 Å². The smallest absolute Gasteiger partial charge is 0.338 e. The summed E-state index contributed by atoms with van der Waals surface area (Å²) >= 11 is 0. The normalized spacial score (nSPS) is 14.4. The summed E-state index contributed by atoms with van der Waals surface area (Å²) in [7, 11) is 0. The quantitative estimate of drug-likeness (QED) is 0.535. The number of hydrogen-bond donors (Lipinski definition) is 3. The number of nitrogens with zero attached hydrogens (tertiary/aromatic N) is 1. The maximum atomic E-state index is 12.6. The van der Waals surface area contributed by atoms with Crippen molar-refractivity contribution in [3.05, 3.63) is 83.4 Å². The topological polar surface area (TPSA) is 96.1 Å². The third-order valence-corrected chi connectivity index (χ3v) is 5.28. The number of ether oxygens (including phenoxy) is 1. The van der Waals surface area contributed by atoms with Crippen molar-refractivity contribution in [1.29, 1.82) is 0 Å². The summed E-state index contributed by atoms with van der Waals surface area (Å²) in [5.74, 6) is 0.337. The first-order valence-corrected chi connectivity index (χ1v) is 9.96. The van der Waals surface area contributed by atoms with Crippen LogP contribution in [0.15, 0.2) is 60.8 Å². The van der Waals surface area contributed by atoms with Crippen LogP contribution < -0.4 is 10.6 Å². The van der Waals surface area contributed by atoms with Crippen LogP contribution in [-0.4, -0.2) is 22.0 Å². The van der Waals surface area contributed by atoms with Gasteiger partial charge in [0.25, 0.3) is 0 Å². The molecule has 0 spiro atoms. The van der Waals surface area contributed by atoms with Crippen molar-refractivity contribution in [2.45, 2.75) is 38.3 Å². The Labute approximate surface area is 174 Å². The van der Waals surface area contributed by atoms with Crippen LogP contribution >= 0.6 is 0 Å². The number of carbonyl (C=O) groups excluding carboxylic acids is 2. The predicted molar refractivity (Wildman–Crippen MR) is 113 cm³/mol. The molecule has 1 heterocycles. The molecule has 0 unspecified atom stereocenters. The highest BCUT2D eigenvalue weighted by molar-refractivity contribution is 5.94. The molecule has 2 amide bonds. The van der Waals surface area contributed by atoms with Crippen molar-refractivity contribution in [1.82, 2.24) is 15.3 Å². The van der Waals surface area contributed by atoms with Crippen molar-refractivity contribution in [2.75, 3.05) is 5.32 Å². The van der Waals surface area contributed by atoms with Crippen LogP contribution in [-0.2, 0) is 16.9 Å². The molecule has 0 saturated heterocycles. The SMILES string of the molecule is Cc1cnc(C2(NC(=O)Nc3cccc(C(=O)OCc4ccccc4)c3)CCC2)[nH]1. The molecule has 0 aliphatic heterocycles. The summed E-state index contributed by atoms with van der Waals surface area (Å²) < 4.78 is 5.36. The van der Waals surface area contributed by atoms with Gasteiger partial charge in [-0.3, -0.25) is 0 Å². The zero-order chi connectivity index (χ0) is 21.0. The predicted octanol–water partition coefficient (Wildman–Crippen LogP) is 4.28. The molecule has 7 nitrogen and oxygen atoms in total. The van der Waals surface area contributed by atoms with Crippen LogP contribution in [0.3, 0.4) is 0 Å². The van der Waals surface area contributed by atoms with E-state index in [0.29, 0.717) is 11.3 Å². The fraction of sp³-hybridized carbons (Fsp3) is 0.261. The number of benzene rings is 2. The third kappa shape index (κ3) is 4.35. The van der Waals surface area contributed by atoms with E-state index in [1.54, 1.807) is 30.5 Å². The molecule has 0 atom stereocenters. The van der Waals surface area contributed by atoms with Gasteiger partial charge in [0.15, 0.2) is 0 Å². The molecule has 3 N–H and O–H groups in total. The number of anilines is 1. The monoisotopic (exact) mass is 404 g/mol. The molecule has 1 fully saturated rings. The third-order valence-electron chi connectivity index (χ3n) is 5.28. The van der Waals surface area contributed by atoms with Gasteiger partial charge in [0, 0.05) is 17.6 Å². The van der Waals surface area contributed by atoms with Gasteiger partial charge in [0.1, 0.15) is 12.4 Å². The van der Waals surface area contributed by atoms with Gasteiger partial charge in [-0.2, -0.15) is 0 Å². The molecule has 1 aliphatic carbocycles. The summed E-state index contributed by atoms with van der Waals surface area (Å²) in [5.41, 5.74) is 2.30. The van der Waals surface area contributed by atoms with Gasteiger partial charge in [0.2, 0.25) is 0 Å².